The number of hydrogen-bond acceptors (Lipinski definition) is 4. The minimum atomic E-state index is -5.04. The zero-order valence-electron chi connectivity index (χ0n) is 26.9. The van der Waals surface area contributed by atoms with Crippen LogP contribution in [0.15, 0.2) is 60.2 Å². The van der Waals surface area contributed by atoms with E-state index in [1.807, 2.05) is 25.1 Å². The molecular formula is C36H34ClF6NO4. The summed E-state index contributed by atoms with van der Waals surface area (Å²) in [5.41, 5.74) is 2.01. The number of carbonyl (C=O) groups is 2. The Morgan fingerprint density at radius 2 is 1.62 bits per heavy atom. The Morgan fingerprint density at radius 1 is 0.979 bits per heavy atom. The van der Waals surface area contributed by atoms with E-state index in [1.165, 1.54) is 12.0 Å². The van der Waals surface area contributed by atoms with E-state index in [-0.39, 0.29) is 23.6 Å². The molecule has 48 heavy (non-hydrogen) atoms. The third-order valence-electron chi connectivity index (χ3n) is 9.11. The molecule has 0 N–H and O–H groups in total. The Hall–Kier alpha value is -3.99. The first-order valence-electron chi connectivity index (χ1n) is 15.3. The van der Waals surface area contributed by atoms with Crippen molar-refractivity contribution in [3.8, 4) is 11.1 Å². The van der Waals surface area contributed by atoms with Gasteiger partial charge in [0.25, 0.3) is 0 Å². The van der Waals surface area contributed by atoms with Crippen LogP contribution in [0.1, 0.15) is 84.3 Å². The molecule has 0 radical (unpaired) electrons. The van der Waals surface area contributed by atoms with E-state index in [2.05, 4.69) is 13.8 Å². The summed E-state index contributed by atoms with van der Waals surface area (Å²) in [6.07, 6.45) is -10.3. The van der Waals surface area contributed by atoms with Crippen LogP contribution in [-0.4, -0.2) is 36.7 Å². The fraction of sp³-hybridized carbons (Fsp3) is 0.389. The highest BCUT2D eigenvalue weighted by Gasteiger charge is 2.44. The molecule has 12 heteroatoms. The van der Waals surface area contributed by atoms with Crippen molar-refractivity contribution in [1.29, 1.82) is 0 Å². The van der Waals surface area contributed by atoms with Gasteiger partial charge in [0.1, 0.15) is 6.10 Å². The zero-order chi connectivity index (χ0) is 35.3. The molecule has 1 aliphatic carbocycles. The Kier molecular flexibility index (Phi) is 9.42. The molecule has 0 aromatic heterocycles. The second kappa shape index (κ2) is 12.8. The van der Waals surface area contributed by atoms with Gasteiger partial charge in [-0.3, -0.25) is 4.90 Å². The van der Waals surface area contributed by atoms with Gasteiger partial charge in [-0.05, 0) is 120 Å². The molecule has 1 heterocycles. The third-order valence-corrected chi connectivity index (χ3v) is 9.44. The molecule has 0 bridgehead atoms. The second-order valence-corrected chi connectivity index (χ2v) is 13.6. The summed E-state index contributed by atoms with van der Waals surface area (Å²) >= 11 is 6.77. The Morgan fingerprint density at radius 3 is 2.21 bits per heavy atom. The molecule has 0 spiro atoms. The van der Waals surface area contributed by atoms with Crippen LogP contribution in [0.5, 0.6) is 0 Å². The van der Waals surface area contributed by atoms with Crippen molar-refractivity contribution in [2.75, 3.05) is 13.7 Å². The smallest absolute Gasteiger partial charge is 0.416 e. The zero-order valence-corrected chi connectivity index (χ0v) is 27.7. The first-order valence-corrected chi connectivity index (χ1v) is 15.6. The average Bonchev–Trinajstić information content (AvgIpc) is 3.28. The van der Waals surface area contributed by atoms with Crippen molar-refractivity contribution in [3.63, 3.8) is 0 Å². The molecule has 5 nitrogen and oxygen atoms in total. The van der Waals surface area contributed by atoms with Crippen LogP contribution in [0.4, 0.5) is 31.1 Å². The van der Waals surface area contributed by atoms with E-state index in [1.54, 1.807) is 25.1 Å². The number of rotatable bonds is 6. The number of nitrogens with zero attached hydrogens (tertiary/aromatic N) is 1. The van der Waals surface area contributed by atoms with E-state index in [4.69, 9.17) is 21.1 Å². The summed E-state index contributed by atoms with van der Waals surface area (Å²) in [5, 5.41) is 0.480. The molecule has 2 aliphatic rings. The van der Waals surface area contributed by atoms with Gasteiger partial charge in [0.15, 0.2) is 0 Å². The number of allylic oxidation sites excluding steroid dienone is 1. The van der Waals surface area contributed by atoms with Crippen LogP contribution >= 0.6 is 11.6 Å². The van der Waals surface area contributed by atoms with Gasteiger partial charge in [-0.25, -0.2) is 9.59 Å². The summed E-state index contributed by atoms with van der Waals surface area (Å²) in [5.74, 6) is -0.452. The number of carbonyl (C=O) groups excluding carboxylic acids is 2. The molecule has 5 rings (SSSR count). The molecule has 0 saturated carbocycles. The lowest BCUT2D eigenvalue weighted by Gasteiger charge is -2.36. The molecular weight excluding hydrogens is 660 g/mol. The number of alkyl halides is 6. The summed E-state index contributed by atoms with van der Waals surface area (Å²) in [7, 11) is 1.31. The van der Waals surface area contributed by atoms with Crippen molar-refractivity contribution >= 4 is 29.2 Å². The molecule has 256 valence electrons. The highest BCUT2D eigenvalue weighted by atomic mass is 35.5. The molecule has 1 amide bonds. The average molecular weight is 694 g/mol. The van der Waals surface area contributed by atoms with Crippen LogP contribution in [0.3, 0.4) is 0 Å². The molecule has 2 atom stereocenters. The number of esters is 1. The predicted octanol–water partition coefficient (Wildman–Crippen LogP) is 10.7. The summed E-state index contributed by atoms with van der Waals surface area (Å²) in [4.78, 5) is 26.6. The molecule has 3 aromatic carbocycles. The molecule has 3 aromatic rings. The molecule has 1 saturated heterocycles. The van der Waals surface area contributed by atoms with Crippen LogP contribution in [-0.2, 0) is 21.8 Å². The second-order valence-electron chi connectivity index (χ2n) is 13.2. The molecule has 1 aliphatic heterocycles. The topological polar surface area (TPSA) is 55.8 Å². The highest BCUT2D eigenvalue weighted by molar-refractivity contribution is 6.32. The fourth-order valence-corrected chi connectivity index (χ4v) is 6.79. The molecule has 1 fully saturated rings. The lowest BCUT2D eigenvalue weighted by atomic mass is 9.72. The van der Waals surface area contributed by atoms with E-state index in [0.29, 0.717) is 35.6 Å². The molecule has 0 unspecified atom stereocenters. The minimum absolute atomic E-state index is 0.0494. The predicted molar refractivity (Wildman–Crippen MR) is 169 cm³/mol. The number of benzene rings is 3. The first-order chi connectivity index (χ1) is 22.3. The number of ether oxygens (including phenoxy) is 2. The SMILES string of the molecule is COC(=O)c1ccc(-c2ccc(Cl)c(C3=C(CN4C(=O)O[C@H](c5cc(C(F)(F)F)cc(C(F)(F)F)c5)[C@@H]4C)CC(C)(C)CC3)c2)c(C)c1. The lowest BCUT2D eigenvalue weighted by molar-refractivity contribution is -0.143. The number of methoxy groups -OCH3 is 1. The van der Waals surface area contributed by atoms with Crippen molar-refractivity contribution in [1.82, 2.24) is 4.90 Å². The number of cyclic esters (lactones) is 1. The number of halogens is 7. The van der Waals surface area contributed by atoms with Gasteiger partial charge in [0.2, 0.25) is 0 Å². The van der Waals surface area contributed by atoms with Crippen LogP contribution < -0.4 is 0 Å². The van der Waals surface area contributed by atoms with Gasteiger partial charge in [0, 0.05) is 11.6 Å². The van der Waals surface area contributed by atoms with Crippen molar-refractivity contribution in [3.05, 3.63) is 98.6 Å². The van der Waals surface area contributed by atoms with E-state index >= 15 is 0 Å². The van der Waals surface area contributed by atoms with Gasteiger partial charge in [-0.15, -0.1) is 0 Å². The fourth-order valence-electron chi connectivity index (χ4n) is 6.55. The van der Waals surface area contributed by atoms with Gasteiger partial charge in [0.05, 0.1) is 29.8 Å². The standard InChI is InChI=1S/C36H34ClF6NO4/c1-19-12-22(32(45)47-5)6-8-27(19)21-7-9-30(37)29(15-21)28-10-11-34(3,4)17-24(28)18-44-20(2)31(48-33(44)46)23-13-25(35(38,39)40)16-26(14-23)36(41,42)43/h6-9,12-16,20,31H,10-11,17-18H2,1-5H3/t20-,31-/m0/s1. The van der Waals surface area contributed by atoms with E-state index in [9.17, 15) is 35.9 Å². The Labute approximate surface area is 279 Å². The summed E-state index contributed by atoms with van der Waals surface area (Å²) < 4.78 is 91.9. The maximum Gasteiger partial charge on any atom is 0.416 e. The Balaban J connectivity index is 1.52. The number of hydrogen-bond donors (Lipinski definition) is 0. The van der Waals surface area contributed by atoms with Crippen molar-refractivity contribution in [2.24, 2.45) is 5.41 Å². The summed E-state index contributed by atoms with van der Waals surface area (Å²) in [6.45, 7) is 7.65. The quantitative estimate of drug-likeness (QED) is 0.190. The highest BCUT2D eigenvalue weighted by Crippen LogP contribution is 2.47. The van der Waals surface area contributed by atoms with Crippen LogP contribution in [0.25, 0.3) is 16.7 Å². The van der Waals surface area contributed by atoms with Crippen LogP contribution in [0.2, 0.25) is 5.02 Å². The number of amides is 1. The van der Waals surface area contributed by atoms with Crippen molar-refractivity contribution in [2.45, 2.75) is 71.5 Å². The van der Waals surface area contributed by atoms with Gasteiger partial charge >= 0.3 is 24.4 Å². The maximum atomic E-state index is 13.6. The lowest BCUT2D eigenvalue weighted by Crippen LogP contribution is -2.35. The largest absolute Gasteiger partial charge is 0.465 e. The van der Waals surface area contributed by atoms with Crippen molar-refractivity contribution < 1.29 is 45.4 Å². The third kappa shape index (κ3) is 7.21. The maximum absolute atomic E-state index is 13.6. The van der Waals surface area contributed by atoms with Gasteiger partial charge in [-0.2, -0.15) is 26.3 Å². The monoisotopic (exact) mass is 693 g/mol. The normalized spacial score (nSPS) is 19.8. The van der Waals surface area contributed by atoms with Gasteiger partial charge in [-0.1, -0.05) is 37.6 Å². The first kappa shape index (κ1) is 35.3. The van der Waals surface area contributed by atoms with Crippen LogP contribution in [0, 0.1) is 12.3 Å². The summed E-state index contributed by atoms with van der Waals surface area (Å²) in [6, 6.07) is 11.2. The number of aryl methyl sites for hydroxylation is 1. The minimum Gasteiger partial charge on any atom is -0.465 e. The van der Waals surface area contributed by atoms with E-state index in [0.717, 1.165) is 39.8 Å². The van der Waals surface area contributed by atoms with Gasteiger partial charge < -0.3 is 9.47 Å². The Bertz CT molecular complexity index is 1760. The van der Waals surface area contributed by atoms with E-state index < -0.39 is 47.7 Å².